The maximum atomic E-state index is 7.10. The largest absolute Gasteiger partial charge is 0.456 e. The monoisotopic (exact) mass is 782 g/mol. The Morgan fingerprint density at radius 3 is 1.03 bits per heavy atom. The van der Waals surface area contributed by atoms with Crippen LogP contribution in [0.4, 0.5) is 34.1 Å². The van der Waals surface area contributed by atoms with Gasteiger partial charge in [-0.05, 0) is 84.9 Å². The molecule has 13 aromatic rings. The number of benzene rings is 10. The van der Waals surface area contributed by atoms with Crippen molar-refractivity contribution < 1.29 is 13.3 Å². The van der Waals surface area contributed by atoms with Crippen molar-refractivity contribution in [2.24, 2.45) is 0 Å². The Morgan fingerprint density at radius 2 is 0.590 bits per heavy atom. The quantitative estimate of drug-likeness (QED) is 0.168. The molecule has 0 amide bonds. The first-order valence-electron chi connectivity index (χ1n) is 20.6. The van der Waals surface area contributed by atoms with Gasteiger partial charge in [0, 0.05) is 76.6 Å². The molecule has 0 aliphatic carbocycles. The Labute approximate surface area is 349 Å². The van der Waals surface area contributed by atoms with Crippen LogP contribution in [-0.4, -0.2) is 0 Å². The van der Waals surface area contributed by atoms with Crippen LogP contribution in [0.2, 0.25) is 0 Å². The molecule has 0 fully saturated rings. The van der Waals surface area contributed by atoms with Gasteiger partial charge in [-0.25, -0.2) is 0 Å². The second-order valence-corrected chi connectivity index (χ2v) is 15.6. The van der Waals surface area contributed by atoms with Crippen LogP contribution in [-0.2, 0) is 0 Å². The molecule has 5 nitrogen and oxygen atoms in total. The van der Waals surface area contributed by atoms with Gasteiger partial charge in [-0.3, -0.25) is 0 Å². The minimum Gasteiger partial charge on any atom is -0.456 e. The van der Waals surface area contributed by atoms with E-state index in [1.807, 2.05) is 24.3 Å². The fourth-order valence-corrected chi connectivity index (χ4v) is 9.47. The maximum Gasteiger partial charge on any atom is 0.143 e. The summed E-state index contributed by atoms with van der Waals surface area (Å²) in [5, 5.41) is 10.7. The van der Waals surface area contributed by atoms with Crippen molar-refractivity contribution in [3.63, 3.8) is 0 Å². The normalized spacial score (nSPS) is 11.9. The molecule has 0 aliphatic heterocycles. The number of nitrogens with zero attached hydrogens (tertiary/aromatic N) is 2. The van der Waals surface area contributed by atoms with E-state index in [2.05, 4.69) is 192 Å². The van der Waals surface area contributed by atoms with Gasteiger partial charge in [-0.2, -0.15) is 0 Å². The Hall–Kier alpha value is -8.28. The summed E-state index contributed by atoms with van der Waals surface area (Å²) in [5.41, 5.74) is 11.5. The van der Waals surface area contributed by atoms with Crippen molar-refractivity contribution >= 4 is 121 Å². The molecule has 0 aliphatic rings. The van der Waals surface area contributed by atoms with Crippen molar-refractivity contribution in [2.75, 3.05) is 9.80 Å². The standard InChI is InChI=1S/C56H34N2O3/c1-3-15-35(16-4-1)57(37-27-29-53-45(31-37)41-21-11-13-25-51(41)59-53)49-33-47-48-34-50(40-20-8-10-24-44(40)56(48)61-55(47)43-23-9-7-19-39(43)49)58(36-17-5-2-6-18-36)38-28-30-54-46(32-38)42-22-12-14-26-52(42)60-54/h1-34H. The van der Waals surface area contributed by atoms with E-state index in [1.165, 1.54) is 0 Å². The van der Waals surface area contributed by atoms with E-state index in [4.69, 9.17) is 13.3 Å². The molecule has 0 N–H and O–H groups in total. The smallest absolute Gasteiger partial charge is 0.143 e. The molecule has 0 bridgehead atoms. The molecule has 10 aromatic carbocycles. The third kappa shape index (κ3) is 5.14. The summed E-state index contributed by atoms with van der Waals surface area (Å²) in [6.07, 6.45) is 0. The lowest BCUT2D eigenvalue weighted by Crippen LogP contribution is -2.10. The first-order valence-corrected chi connectivity index (χ1v) is 20.6. The van der Waals surface area contributed by atoms with Crippen LogP contribution in [0.25, 0.3) is 87.4 Å². The zero-order valence-corrected chi connectivity index (χ0v) is 32.7. The molecular formula is C56H34N2O3. The second-order valence-electron chi connectivity index (χ2n) is 15.6. The molecule has 0 radical (unpaired) electrons. The number of para-hydroxylation sites is 4. The summed E-state index contributed by atoms with van der Waals surface area (Å²) >= 11 is 0. The average molecular weight is 783 g/mol. The molecule has 0 atom stereocenters. The van der Waals surface area contributed by atoms with Gasteiger partial charge < -0.3 is 23.1 Å². The van der Waals surface area contributed by atoms with E-state index in [1.54, 1.807) is 0 Å². The van der Waals surface area contributed by atoms with Crippen molar-refractivity contribution in [1.29, 1.82) is 0 Å². The number of anilines is 6. The van der Waals surface area contributed by atoms with Gasteiger partial charge >= 0.3 is 0 Å². The maximum absolute atomic E-state index is 7.10. The predicted octanol–water partition coefficient (Wildman–Crippen LogP) is 16.6. The fraction of sp³-hybridized carbons (Fsp3) is 0. The van der Waals surface area contributed by atoms with Crippen LogP contribution in [0.3, 0.4) is 0 Å². The highest BCUT2D eigenvalue weighted by Crippen LogP contribution is 2.49. The summed E-state index contributed by atoms with van der Waals surface area (Å²) in [6.45, 7) is 0. The number of furan rings is 3. The molecule has 5 heteroatoms. The molecule has 61 heavy (non-hydrogen) atoms. The summed E-state index contributed by atoms with van der Waals surface area (Å²) in [4.78, 5) is 4.73. The SMILES string of the molecule is c1ccc(N(c2ccc3oc4ccccc4c3c2)c2cc3c4cc(N(c5ccccc5)c5ccc6oc7ccccc7c6c5)c5ccccc5c4oc3c3ccccc23)cc1. The zero-order chi connectivity index (χ0) is 40.0. The van der Waals surface area contributed by atoms with Crippen LogP contribution < -0.4 is 9.80 Å². The van der Waals surface area contributed by atoms with Crippen molar-refractivity contribution in [2.45, 2.75) is 0 Å². The highest BCUT2D eigenvalue weighted by Gasteiger charge is 2.25. The molecule has 0 spiro atoms. The summed E-state index contributed by atoms with van der Waals surface area (Å²) in [5.74, 6) is 0. The highest BCUT2D eigenvalue weighted by molar-refractivity contribution is 6.25. The average Bonchev–Trinajstić information content (AvgIpc) is 4.01. The van der Waals surface area contributed by atoms with E-state index in [0.29, 0.717) is 0 Å². The molecule has 3 heterocycles. The third-order valence-electron chi connectivity index (χ3n) is 12.2. The van der Waals surface area contributed by atoms with Gasteiger partial charge in [-0.1, -0.05) is 121 Å². The summed E-state index contributed by atoms with van der Waals surface area (Å²) < 4.78 is 19.7. The van der Waals surface area contributed by atoms with Crippen LogP contribution in [0, 0.1) is 0 Å². The van der Waals surface area contributed by atoms with Gasteiger partial charge in [0.1, 0.15) is 33.5 Å². The van der Waals surface area contributed by atoms with Crippen molar-refractivity contribution in [3.8, 4) is 0 Å². The van der Waals surface area contributed by atoms with Crippen LogP contribution in [0.1, 0.15) is 0 Å². The Morgan fingerprint density at radius 1 is 0.230 bits per heavy atom. The molecule has 13 rings (SSSR count). The summed E-state index contributed by atoms with van der Waals surface area (Å²) in [6, 6.07) is 72.6. The van der Waals surface area contributed by atoms with E-state index in [9.17, 15) is 0 Å². The third-order valence-corrected chi connectivity index (χ3v) is 12.2. The first-order chi connectivity index (χ1) is 30.2. The van der Waals surface area contributed by atoms with Crippen molar-refractivity contribution in [1.82, 2.24) is 0 Å². The van der Waals surface area contributed by atoms with Gasteiger partial charge in [0.15, 0.2) is 0 Å². The Kier molecular flexibility index (Phi) is 7.24. The molecule has 0 saturated carbocycles. The number of fused-ring (bicyclic) bond motifs is 13. The molecule has 0 unspecified atom stereocenters. The van der Waals surface area contributed by atoms with Gasteiger partial charge in [0.25, 0.3) is 0 Å². The van der Waals surface area contributed by atoms with Gasteiger partial charge in [0.05, 0.1) is 11.4 Å². The van der Waals surface area contributed by atoms with Gasteiger partial charge in [-0.15, -0.1) is 0 Å². The fourth-order valence-electron chi connectivity index (χ4n) is 9.47. The molecular weight excluding hydrogens is 749 g/mol. The molecule has 286 valence electrons. The zero-order valence-electron chi connectivity index (χ0n) is 32.7. The van der Waals surface area contributed by atoms with Crippen LogP contribution in [0.5, 0.6) is 0 Å². The predicted molar refractivity (Wildman–Crippen MR) is 253 cm³/mol. The number of hydrogen-bond acceptors (Lipinski definition) is 5. The lowest BCUT2D eigenvalue weighted by molar-refractivity contribution is 0.668. The van der Waals surface area contributed by atoms with Crippen molar-refractivity contribution in [3.05, 3.63) is 206 Å². The van der Waals surface area contributed by atoms with E-state index in [0.717, 1.165) is 121 Å². The van der Waals surface area contributed by atoms with E-state index < -0.39 is 0 Å². The first kappa shape index (κ1) is 33.7. The minimum atomic E-state index is 0.860. The van der Waals surface area contributed by atoms with Crippen LogP contribution in [0.15, 0.2) is 220 Å². The Bertz CT molecular complexity index is 3590. The summed E-state index contributed by atoms with van der Waals surface area (Å²) in [7, 11) is 0. The molecule has 3 aromatic heterocycles. The van der Waals surface area contributed by atoms with Gasteiger partial charge in [0.2, 0.25) is 0 Å². The number of hydrogen-bond donors (Lipinski definition) is 0. The highest BCUT2D eigenvalue weighted by atomic mass is 16.3. The lowest BCUT2D eigenvalue weighted by Gasteiger charge is -2.27. The topological polar surface area (TPSA) is 45.9 Å². The minimum absolute atomic E-state index is 0.860. The molecule has 0 saturated heterocycles. The van der Waals surface area contributed by atoms with E-state index in [-0.39, 0.29) is 0 Å². The number of rotatable bonds is 6. The Balaban J connectivity index is 1.10. The van der Waals surface area contributed by atoms with Crippen LogP contribution >= 0.6 is 0 Å². The lowest BCUT2D eigenvalue weighted by atomic mass is 9.99. The van der Waals surface area contributed by atoms with E-state index >= 15 is 0 Å². The second kappa shape index (κ2) is 13.1.